The summed E-state index contributed by atoms with van der Waals surface area (Å²) < 4.78 is 14.8. The highest BCUT2D eigenvalue weighted by Crippen LogP contribution is 2.32. The minimum Gasteiger partial charge on any atom is -0.390 e. The van der Waals surface area contributed by atoms with E-state index in [-0.39, 0.29) is 24.4 Å². The van der Waals surface area contributed by atoms with E-state index in [9.17, 15) is 14.3 Å². The van der Waals surface area contributed by atoms with Crippen molar-refractivity contribution in [2.24, 2.45) is 0 Å². The summed E-state index contributed by atoms with van der Waals surface area (Å²) in [7, 11) is 1.78. The van der Waals surface area contributed by atoms with Gasteiger partial charge in [-0.05, 0) is 24.6 Å². The average molecular weight is 411 g/mol. The van der Waals surface area contributed by atoms with Crippen LogP contribution in [0, 0.1) is 5.82 Å². The number of aliphatic hydroxyl groups is 1. The van der Waals surface area contributed by atoms with Crippen LogP contribution in [-0.4, -0.2) is 43.9 Å². The van der Waals surface area contributed by atoms with Gasteiger partial charge in [0, 0.05) is 25.4 Å². The van der Waals surface area contributed by atoms with Gasteiger partial charge in [-0.25, -0.2) is 9.37 Å². The summed E-state index contributed by atoms with van der Waals surface area (Å²) in [5, 5.41) is 19.9. The molecule has 0 radical (unpaired) electrons. The van der Waals surface area contributed by atoms with E-state index in [1.807, 2.05) is 6.20 Å². The molecular formula is C20H22FN7O2. The van der Waals surface area contributed by atoms with Crippen LogP contribution in [0.2, 0.25) is 0 Å². The second-order valence-corrected chi connectivity index (χ2v) is 7.15. The van der Waals surface area contributed by atoms with E-state index in [0.717, 1.165) is 11.1 Å². The van der Waals surface area contributed by atoms with Crippen LogP contribution in [0.25, 0.3) is 0 Å². The Morgan fingerprint density at radius 2 is 2.00 bits per heavy atom. The lowest BCUT2D eigenvalue weighted by Crippen LogP contribution is -2.45. The van der Waals surface area contributed by atoms with Crippen molar-refractivity contribution in [3.05, 3.63) is 59.3 Å². The number of benzene rings is 1. The van der Waals surface area contributed by atoms with Crippen LogP contribution in [0.1, 0.15) is 23.7 Å². The molecule has 2 aromatic heterocycles. The Morgan fingerprint density at radius 3 is 2.73 bits per heavy atom. The second kappa shape index (κ2) is 8.07. The van der Waals surface area contributed by atoms with Crippen LogP contribution in [0.15, 0.2) is 36.7 Å². The van der Waals surface area contributed by atoms with Crippen molar-refractivity contribution in [3.63, 3.8) is 0 Å². The van der Waals surface area contributed by atoms with Crippen molar-refractivity contribution in [1.29, 1.82) is 0 Å². The normalized spacial score (nSPS) is 15.7. The molecule has 3 aromatic rings. The van der Waals surface area contributed by atoms with Crippen LogP contribution in [0.5, 0.6) is 0 Å². The van der Waals surface area contributed by atoms with Gasteiger partial charge >= 0.3 is 0 Å². The van der Waals surface area contributed by atoms with Crippen LogP contribution in [0.4, 0.5) is 21.8 Å². The highest BCUT2D eigenvalue weighted by Gasteiger charge is 2.30. The van der Waals surface area contributed by atoms with Crippen molar-refractivity contribution in [3.8, 4) is 0 Å². The number of hydrogen-bond acceptors (Lipinski definition) is 7. The van der Waals surface area contributed by atoms with Gasteiger partial charge in [0.1, 0.15) is 17.5 Å². The first-order valence-electron chi connectivity index (χ1n) is 9.49. The van der Waals surface area contributed by atoms with Gasteiger partial charge < -0.3 is 20.6 Å². The molecule has 0 unspecified atom stereocenters. The van der Waals surface area contributed by atoms with Gasteiger partial charge in [-0.3, -0.25) is 9.48 Å². The molecule has 3 N–H and O–H groups in total. The van der Waals surface area contributed by atoms with E-state index in [4.69, 9.17) is 0 Å². The number of aromatic nitrogens is 4. The molecule has 0 bridgehead atoms. The van der Waals surface area contributed by atoms with Crippen LogP contribution in [-0.2, 0) is 24.5 Å². The van der Waals surface area contributed by atoms with Crippen LogP contribution in [0.3, 0.4) is 0 Å². The molecule has 0 aliphatic carbocycles. The Bertz CT molecular complexity index is 1070. The predicted molar refractivity (Wildman–Crippen MR) is 110 cm³/mol. The Balaban J connectivity index is 1.47. The number of fused-ring (bicyclic) bond motifs is 1. The summed E-state index contributed by atoms with van der Waals surface area (Å²) in [4.78, 5) is 22.6. The Morgan fingerprint density at radius 1 is 1.23 bits per heavy atom. The maximum Gasteiger partial charge on any atom is 0.246 e. The van der Waals surface area contributed by atoms with Gasteiger partial charge in [0.25, 0.3) is 0 Å². The highest BCUT2D eigenvalue weighted by molar-refractivity contribution is 6.03. The number of nitrogens with zero attached hydrogens (tertiary/aromatic N) is 5. The minimum absolute atomic E-state index is 0.169. The maximum absolute atomic E-state index is 13.0. The number of rotatable bonds is 6. The number of halogens is 1. The summed E-state index contributed by atoms with van der Waals surface area (Å²) in [5.41, 5.74) is 2.64. The molecule has 1 atom stereocenters. The number of nitrogens with one attached hydrogen (secondary N) is 2. The lowest BCUT2D eigenvalue weighted by molar-refractivity contribution is -0.117. The fraction of sp³-hybridized carbons (Fsp3) is 0.300. The van der Waals surface area contributed by atoms with Crippen molar-refractivity contribution >= 4 is 23.4 Å². The van der Waals surface area contributed by atoms with Gasteiger partial charge in [0.2, 0.25) is 11.9 Å². The van der Waals surface area contributed by atoms with Crippen molar-refractivity contribution in [1.82, 2.24) is 19.7 Å². The van der Waals surface area contributed by atoms with Crippen LogP contribution < -0.4 is 15.5 Å². The molecule has 30 heavy (non-hydrogen) atoms. The third-order valence-electron chi connectivity index (χ3n) is 5.05. The first kappa shape index (κ1) is 19.8. The minimum atomic E-state index is -0.378. The number of hydrogen-bond donors (Lipinski definition) is 3. The number of amides is 1. The zero-order valence-corrected chi connectivity index (χ0v) is 16.6. The quantitative estimate of drug-likeness (QED) is 0.567. The highest BCUT2D eigenvalue weighted by atomic mass is 19.1. The van der Waals surface area contributed by atoms with Crippen molar-refractivity contribution < 1.29 is 14.3 Å². The first-order valence-corrected chi connectivity index (χ1v) is 9.49. The monoisotopic (exact) mass is 411 g/mol. The van der Waals surface area contributed by atoms with Gasteiger partial charge in [-0.2, -0.15) is 10.1 Å². The van der Waals surface area contributed by atoms with E-state index in [1.165, 1.54) is 12.1 Å². The smallest absolute Gasteiger partial charge is 0.246 e. The third-order valence-corrected chi connectivity index (χ3v) is 5.05. The zero-order chi connectivity index (χ0) is 21.3. The standard InChI is InChI=1S/C20H22FN7O2/c1-12-19(30)25-17-16(11-29)24-20(26-18(17)27(12)2)22-7-14-8-23-28(10-14)9-13-3-5-15(21)6-4-13/h3-6,8,10,12,29H,7,9,11H2,1-2H3,(H,25,30)(H,22,24,26)/t12-/m0/s1. The Labute approximate surface area is 172 Å². The van der Waals surface area contributed by atoms with E-state index >= 15 is 0 Å². The summed E-state index contributed by atoms with van der Waals surface area (Å²) in [5.74, 6) is 0.462. The van der Waals surface area contributed by atoms with Gasteiger partial charge in [0.15, 0.2) is 5.82 Å². The van der Waals surface area contributed by atoms with E-state index in [0.29, 0.717) is 36.2 Å². The van der Waals surface area contributed by atoms with Gasteiger partial charge in [-0.15, -0.1) is 0 Å². The molecule has 4 rings (SSSR count). The van der Waals surface area contributed by atoms with Crippen molar-refractivity contribution in [2.45, 2.75) is 32.7 Å². The number of carbonyl (C=O) groups excluding carboxylic acids is 1. The molecule has 1 aliphatic heterocycles. The molecule has 10 heteroatoms. The molecule has 0 spiro atoms. The molecule has 156 valence electrons. The lowest BCUT2D eigenvalue weighted by Gasteiger charge is -2.32. The molecule has 1 aromatic carbocycles. The van der Waals surface area contributed by atoms with Crippen LogP contribution >= 0.6 is 0 Å². The molecule has 0 saturated carbocycles. The average Bonchev–Trinajstić information content (AvgIpc) is 3.19. The molecule has 1 aliphatic rings. The number of anilines is 3. The molecule has 0 fully saturated rings. The number of likely N-dealkylation sites (N-methyl/N-ethyl adjacent to an activating group) is 1. The van der Waals surface area contributed by atoms with Crippen molar-refractivity contribution in [2.75, 3.05) is 22.6 Å². The SMILES string of the molecule is C[C@H]1C(=O)Nc2c(CO)nc(NCc3cnn(Cc4ccc(F)cc4)c3)nc2N1C. The Kier molecular flexibility index (Phi) is 5.32. The molecule has 3 heterocycles. The molecule has 9 nitrogen and oxygen atoms in total. The fourth-order valence-electron chi connectivity index (χ4n) is 3.20. The van der Waals surface area contributed by atoms with E-state index in [1.54, 1.807) is 41.9 Å². The zero-order valence-electron chi connectivity index (χ0n) is 16.6. The number of carbonyl (C=O) groups is 1. The fourth-order valence-corrected chi connectivity index (χ4v) is 3.20. The van der Waals surface area contributed by atoms with E-state index < -0.39 is 0 Å². The van der Waals surface area contributed by atoms with E-state index in [2.05, 4.69) is 25.7 Å². The molecular weight excluding hydrogens is 389 g/mol. The summed E-state index contributed by atoms with van der Waals surface area (Å²) in [6, 6.07) is 5.92. The topological polar surface area (TPSA) is 108 Å². The first-order chi connectivity index (χ1) is 14.4. The van der Waals surface area contributed by atoms with Gasteiger partial charge in [0.05, 0.1) is 25.0 Å². The lowest BCUT2D eigenvalue weighted by atomic mass is 10.2. The summed E-state index contributed by atoms with van der Waals surface area (Å²) in [6.45, 7) is 2.42. The summed E-state index contributed by atoms with van der Waals surface area (Å²) >= 11 is 0. The molecule has 0 saturated heterocycles. The number of aliphatic hydroxyl groups excluding tert-OH is 1. The summed E-state index contributed by atoms with van der Waals surface area (Å²) in [6.07, 6.45) is 3.62. The van der Waals surface area contributed by atoms with Gasteiger partial charge in [-0.1, -0.05) is 12.1 Å². The molecule has 1 amide bonds. The predicted octanol–water partition coefficient (Wildman–Crippen LogP) is 1.74. The largest absolute Gasteiger partial charge is 0.390 e. The maximum atomic E-state index is 13.0. The third kappa shape index (κ3) is 3.94. The Hall–Kier alpha value is -3.53. The second-order valence-electron chi connectivity index (χ2n) is 7.15.